The third-order valence-corrected chi connectivity index (χ3v) is 6.91. The van der Waals surface area contributed by atoms with Gasteiger partial charge >= 0.3 is 0 Å². The van der Waals surface area contributed by atoms with Crippen LogP contribution in [0.3, 0.4) is 0 Å². The molecule has 0 aliphatic carbocycles. The summed E-state index contributed by atoms with van der Waals surface area (Å²) in [6.07, 6.45) is 2.70. The molecule has 1 amide bonds. The van der Waals surface area contributed by atoms with E-state index in [2.05, 4.69) is 52.3 Å². The van der Waals surface area contributed by atoms with Crippen molar-refractivity contribution in [2.45, 2.75) is 25.3 Å². The van der Waals surface area contributed by atoms with Gasteiger partial charge in [-0.3, -0.25) is 4.79 Å². The Morgan fingerprint density at radius 2 is 1.75 bits per heavy atom. The Hall–Kier alpha value is -2.75. The zero-order valence-corrected chi connectivity index (χ0v) is 19.5. The number of piperidine rings is 1. The fourth-order valence-electron chi connectivity index (χ4n) is 4.65. The first-order valence-corrected chi connectivity index (χ1v) is 11.6. The van der Waals surface area contributed by atoms with Gasteiger partial charge in [0.05, 0.1) is 11.3 Å². The fraction of sp³-hybridized carbons (Fsp3) is 0.440. The Morgan fingerprint density at radius 1 is 1.06 bits per heavy atom. The van der Waals surface area contributed by atoms with Gasteiger partial charge in [-0.15, -0.1) is 0 Å². The summed E-state index contributed by atoms with van der Waals surface area (Å²) in [5.74, 6) is 0.0473. The number of hydrogen-bond donors (Lipinski definition) is 1. The van der Waals surface area contributed by atoms with Crippen LogP contribution < -0.4 is 15.1 Å². The Bertz CT molecular complexity index is 992. The summed E-state index contributed by atoms with van der Waals surface area (Å²) >= 11 is 6.01. The number of amides is 1. The molecule has 1 unspecified atom stereocenters. The van der Waals surface area contributed by atoms with Gasteiger partial charge in [-0.2, -0.15) is 5.26 Å². The number of carbonyl (C=O) groups excluding carboxylic acids is 1. The quantitative estimate of drug-likeness (QED) is 0.737. The van der Waals surface area contributed by atoms with Crippen LogP contribution in [0.25, 0.3) is 0 Å². The molecule has 32 heavy (non-hydrogen) atoms. The van der Waals surface area contributed by atoms with Crippen LogP contribution >= 0.6 is 11.6 Å². The van der Waals surface area contributed by atoms with E-state index in [9.17, 15) is 10.1 Å². The summed E-state index contributed by atoms with van der Waals surface area (Å²) < 4.78 is 0. The van der Waals surface area contributed by atoms with E-state index in [1.54, 1.807) is 6.07 Å². The molecule has 4 rings (SSSR count). The lowest BCUT2D eigenvalue weighted by Gasteiger charge is -2.33. The molecule has 168 valence electrons. The maximum atomic E-state index is 12.8. The number of nitrogens with one attached hydrogen (secondary N) is 1. The van der Waals surface area contributed by atoms with Gasteiger partial charge in [0.1, 0.15) is 6.07 Å². The van der Waals surface area contributed by atoms with Crippen LogP contribution in [-0.2, 0) is 4.79 Å². The first kappa shape index (κ1) is 22.4. The number of rotatable bonds is 5. The molecule has 0 aromatic heterocycles. The van der Waals surface area contributed by atoms with Gasteiger partial charge in [0, 0.05) is 54.5 Å². The van der Waals surface area contributed by atoms with E-state index in [1.165, 1.54) is 12.1 Å². The van der Waals surface area contributed by atoms with Crippen molar-refractivity contribution in [2.75, 3.05) is 55.4 Å². The highest BCUT2D eigenvalue weighted by molar-refractivity contribution is 6.30. The molecule has 1 atom stereocenters. The second-order valence-electron chi connectivity index (χ2n) is 8.92. The van der Waals surface area contributed by atoms with Gasteiger partial charge in [0.2, 0.25) is 5.91 Å². The Kier molecular flexibility index (Phi) is 6.88. The molecule has 0 spiro atoms. The van der Waals surface area contributed by atoms with E-state index in [1.807, 2.05) is 24.3 Å². The number of benzene rings is 2. The van der Waals surface area contributed by atoms with E-state index in [0.717, 1.165) is 50.4 Å². The predicted molar refractivity (Wildman–Crippen MR) is 130 cm³/mol. The molecule has 2 saturated heterocycles. The lowest BCUT2D eigenvalue weighted by atomic mass is 9.95. The van der Waals surface area contributed by atoms with Crippen molar-refractivity contribution in [3.8, 4) is 6.07 Å². The standard InChI is InChI=1S/C25H30ClN5O/c1-29(2)23-11-14-31(17-23)22-6-4-21(5-7-22)28-25(32)18-9-12-30(13-10-18)24-8-3-20(26)15-19(24)16-27/h3-8,15,18,23H,9-14,17H2,1-2H3,(H,28,32). The van der Waals surface area contributed by atoms with E-state index in [0.29, 0.717) is 16.6 Å². The molecule has 2 aromatic carbocycles. The van der Waals surface area contributed by atoms with Crippen molar-refractivity contribution in [1.29, 1.82) is 5.26 Å². The highest BCUT2D eigenvalue weighted by Gasteiger charge is 2.27. The molecule has 7 heteroatoms. The van der Waals surface area contributed by atoms with Crippen LogP contribution in [-0.4, -0.2) is 57.1 Å². The first-order valence-electron chi connectivity index (χ1n) is 11.2. The van der Waals surface area contributed by atoms with E-state index in [4.69, 9.17) is 11.6 Å². The van der Waals surface area contributed by atoms with Crippen LogP contribution in [0.15, 0.2) is 42.5 Å². The van der Waals surface area contributed by atoms with Crippen molar-refractivity contribution in [3.05, 3.63) is 53.1 Å². The van der Waals surface area contributed by atoms with Crippen molar-refractivity contribution in [2.24, 2.45) is 5.92 Å². The Morgan fingerprint density at radius 3 is 2.38 bits per heavy atom. The number of anilines is 3. The monoisotopic (exact) mass is 451 g/mol. The summed E-state index contributed by atoms with van der Waals surface area (Å²) in [5.41, 5.74) is 3.52. The zero-order chi connectivity index (χ0) is 22.7. The molecular weight excluding hydrogens is 422 g/mol. The highest BCUT2D eigenvalue weighted by atomic mass is 35.5. The molecule has 0 radical (unpaired) electrons. The SMILES string of the molecule is CN(C)C1CCN(c2ccc(NC(=O)C3CCN(c4ccc(Cl)cc4C#N)CC3)cc2)C1. The average Bonchev–Trinajstić information content (AvgIpc) is 3.30. The minimum atomic E-state index is -0.0248. The largest absolute Gasteiger partial charge is 0.370 e. The third kappa shape index (κ3) is 5.01. The summed E-state index contributed by atoms with van der Waals surface area (Å²) in [6, 6.07) is 16.4. The van der Waals surface area contributed by atoms with Crippen LogP contribution in [0.4, 0.5) is 17.1 Å². The van der Waals surface area contributed by atoms with Gasteiger partial charge in [-0.1, -0.05) is 11.6 Å². The summed E-state index contributed by atoms with van der Waals surface area (Å²) in [6.45, 7) is 3.59. The molecule has 1 N–H and O–H groups in total. The number of halogens is 1. The van der Waals surface area contributed by atoms with Crippen molar-refractivity contribution < 1.29 is 4.79 Å². The van der Waals surface area contributed by atoms with Crippen molar-refractivity contribution in [1.82, 2.24) is 4.90 Å². The van der Waals surface area contributed by atoms with Crippen molar-refractivity contribution >= 4 is 34.6 Å². The van der Waals surface area contributed by atoms with Crippen LogP contribution in [0.5, 0.6) is 0 Å². The number of carbonyl (C=O) groups is 1. The fourth-order valence-corrected chi connectivity index (χ4v) is 4.83. The molecule has 2 aliphatic heterocycles. The molecule has 6 nitrogen and oxygen atoms in total. The first-order chi connectivity index (χ1) is 15.4. The minimum absolute atomic E-state index is 0.0248. The summed E-state index contributed by atoms with van der Waals surface area (Å²) in [4.78, 5) is 19.7. The van der Waals surface area contributed by atoms with Gasteiger partial charge in [0.15, 0.2) is 0 Å². The smallest absolute Gasteiger partial charge is 0.227 e. The van der Waals surface area contributed by atoms with Crippen LogP contribution in [0.2, 0.25) is 5.02 Å². The third-order valence-electron chi connectivity index (χ3n) is 6.68. The second-order valence-corrected chi connectivity index (χ2v) is 9.36. The van der Waals surface area contributed by atoms with Crippen LogP contribution in [0, 0.1) is 17.2 Å². The maximum Gasteiger partial charge on any atom is 0.227 e. The van der Waals surface area contributed by atoms with Gasteiger partial charge in [-0.05, 0) is 75.8 Å². The lowest BCUT2D eigenvalue weighted by molar-refractivity contribution is -0.120. The highest BCUT2D eigenvalue weighted by Crippen LogP contribution is 2.29. The maximum absolute atomic E-state index is 12.8. The molecule has 2 aromatic rings. The lowest BCUT2D eigenvalue weighted by Crippen LogP contribution is -2.38. The summed E-state index contributed by atoms with van der Waals surface area (Å²) in [7, 11) is 4.27. The number of nitrogens with zero attached hydrogens (tertiary/aromatic N) is 4. The molecule has 0 saturated carbocycles. The summed E-state index contributed by atoms with van der Waals surface area (Å²) in [5, 5.41) is 13.0. The van der Waals surface area contributed by atoms with E-state index in [-0.39, 0.29) is 11.8 Å². The predicted octanol–water partition coefficient (Wildman–Crippen LogP) is 4.21. The van der Waals surface area contributed by atoms with Gasteiger partial charge in [-0.25, -0.2) is 0 Å². The molecule has 2 heterocycles. The molecule has 0 bridgehead atoms. The Labute approximate surface area is 195 Å². The Balaban J connectivity index is 1.30. The van der Waals surface area contributed by atoms with Gasteiger partial charge < -0.3 is 20.0 Å². The number of nitriles is 1. The number of hydrogen-bond acceptors (Lipinski definition) is 5. The topological polar surface area (TPSA) is 62.6 Å². The minimum Gasteiger partial charge on any atom is -0.370 e. The van der Waals surface area contributed by atoms with E-state index < -0.39 is 0 Å². The average molecular weight is 452 g/mol. The molecular formula is C25H30ClN5O. The molecule has 2 fully saturated rings. The zero-order valence-electron chi connectivity index (χ0n) is 18.7. The van der Waals surface area contributed by atoms with Gasteiger partial charge in [0.25, 0.3) is 0 Å². The van der Waals surface area contributed by atoms with Crippen molar-refractivity contribution in [3.63, 3.8) is 0 Å². The molecule has 2 aliphatic rings. The van der Waals surface area contributed by atoms with Crippen LogP contribution in [0.1, 0.15) is 24.8 Å². The second kappa shape index (κ2) is 9.81. The number of likely N-dealkylation sites (N-methyl/N-ethyl adjacent to an activating group) is 1. The normalized spacial score (nSPS) is 19.3. The van der Waals surface area contributed by atoms with E-state index >= 15 is 0 Å².